The van der Waals surface area contributed by atoms with Crippen molar-refractivity contribution in [1.82, 2.24) is 4.98 Å². The molecule has 0 bridgehead atoms. The van der Waals surface area contributed by atoms with Crippen LogP contribution < -0.4 is 10.4 Å². The third-order valence-corrected chi connectivity index (χ3v) is 10.6. The average Bonchev–Trinajstić information content (AvgIpc) is 2.98. The van der Waals surface area contributed by atoms with Gasteiger partial charge in [-0.3, -0.25) is 19.4 Å². The first kappa shape index (κ1) is 33.6. The molecule has 11 nitrogen and oxygen atoms in total. The number of esters is 3. The summed E-state index contributed by atoms with van der Waals surface area (Å²) < 4.78 is 30.3. The maximum Gasteiger partial charge on any atom is 0.345 e. The number of hydrogen-bond acceptors (Lipinski definition) is 11. The highest BCUT2D eigenvalue weighted by Crippen LogP contribution is 2.67. The van der Waals surface area contributed by atoms with Crippen molar-refractivity contribution in [3.05, 3.63) is 46.6 Å². The number of pyridine rings is 1. The largest absolute Gasteiger partial charge is 0.482 e. The number of rotatable bonds is 7. The zero-order valence-corrected chi connectivity index (χ0v) is 27.8. The maximum absolute atomic E-state index is 13.5. The first-order chi connectivity index (χ1) is 21.5. The number of aliphatic hydroxyl groups excluding tert-OH is 1. The second kappa shape index (κ2) is 12.1. The van der Waals surface area contributed by atoms with Crippen LogP contribution in [0.4, 0.5) is 0 Å². The molecule has 250 valence electrons. The van der Waals surface area contributed by atoms with Gasteiger partial charge in [0.25, 0.3) is 0 Å². The molecule has 8 atom stereocenters. The second-order valence-electron chi connectivity index (χ2n) is 14.4. The van der Waals surface area contributed by atoms with Crippen molar-refractivity contribution in [1.29, 1.82) is 0 Å². The predicted octanol–water partition coefficient (Wildman–Crippen LogP) is 5.03. The minimum atomic E-state index is -1.35. The Kier molecular flexibility index (Phi) is 8.87. The number of carbonyl (C=O) groups is 3. The van der Waals surface area contributed by atoms with Crippen LogP contribution >= 0.6 is 0 Å². The number of aromatic nitrogens is 1. The Morgan fingerprint density at radius 2 is 1.76 bits per heavy atom. The summed E-state index contributed by atoms with van der Waals surface area (Å²) >= 11 is 0. The summed E-state index contributed by atoms with van der Waals surface area (Å²) in [5.41, 5.74) is -3.15. The van der Waals surface area contributed by atoms with E-state index in [1.807, 2.05) is 13.8 Å². The number of fused-ring (bicyclic) bond motifs is 4. The predicted molar refractivity (Wildman–Crippen MR) is 165 cm³/mol. The van der Waals surface area contributed by atoms with Crippen LogP contribution in [0, 0.1) is 34.5 Å². The van der Waals surface area contributed by atoms with Crippen LogP contribution in [0.25, 0.3) is 11.3 Å². The fourth-order valence-corrected chi connectivity index (χ4v) is 8.25. The van der Waals surface area contributed by atoms with Crippen LogP contribution in [0.15, 0.2) is 39.8 Å². The molecule has 0 aromatic carbocycles. The molecule has 11 heteroatoms. The Hall–Kier alpha value is -3.73. The molecule has 0 spiro atoms. The first-order valence-corrected chi connectivity index (χ1v) is 16.0. The Bertz CT molecular complexity index is 1550. The van der Waals surface area contributed by atoms with E-state index in [1.54, 1.807) is 65.2 Å². The Labute approximate surface area is 269 Å². The minimum Gasteiger partial charge on any atom is -0.482 e. The molecule has 2 fully saturated rings. The summed E-state index contributed by atoms with van der Waals surface area (Å²) in [4.78, 5) is 55.9. The number of carbonyl (C=O) groups excluding carboxylic acids is 3. The molecule has 0 radical (unpaired) electrons. The van der Waals surface area contributed by atoms with Gasteiger partial charge in [0, 0.05) is 42.3 Å². The highest BCUT2D eigenvalue weighted by atomic mass is 16.6. The average molecular weight is 640 g/mol. The number of hydrogen-bond donors (Lipinski definition) is 1. The normalized spacial score (nSPS) is 33.2. The molecule has 1 N–H and O–H groups in total. The summed E-state index contributed by atoms with van der Waals surface area (Å²) in [6, 6.07) is 5.02. The van der Waals surface area contributed by atoms with Crippen molar-refractivity contribution >= 4 is 17.9 Å². The van der Waals surface area contributed by atoms with Crippen LogP contribution in [-0.2, 0) is 28.6 Å². The van der Waals surface area contributed by atoms with E-state index in [1.165, 1.54) is 6.92 Å². The van der Waals surface area contributed by atoms with Gasteiger partial charge >= 0.3 is 23.5 Å². The van der Waals surface area contributed by atoms with Gasteiger partial charge in [-0.1, -0.05) is 41.5 Å². The van der Waals surface area contributed by atoms with Crippen LogP contribution in [0.5, 0.6) is 5.75 Å². The van der Waals surface area contributed by atoms with Crippen LogP contribution in [0.2, 0.25) is 0 Å². The van der Waals surface area contributed by atoms with Gasteiger partial charge in [-0.05, 0) is 49.7 Å². The van der Waals surface area contributed by atoms with Gasteiger partial charge in [0.1, 0.15) is 41.5 Å². The standard InChI is InChI=1S/C35H45NO10/c1-18(2)30(39)42-17-34(7)24-15-26(43-20(5)37)35(8)29(33(24,6)12-11-25(34)45-31(40)19(3)4)28(38)27-23(46-35)14-22(44-32(27)41)21-10-9-13-36-16-21/h9-10,13-14,16,18-19,24-26,28-29,38H,11-12,15,17H2,1-8H3/t24?,25-,26-,28?,29?,33-,34-,35+/m0/s1. The van der Waals surface area contributed by atoms with Crippen molar-refractivity contribution in [3.8, 4) is 17.1 Å². The Morgan fingerprint density at radius 1 is 1.07 bits per heavy atom. The van der Waals surface area contributed by atoms with E-state index in [-0.39, 0.29) is 47.9 Å². The van der Waals surface area contributed by atoms with Gasteiger partial charge in [-0.25, -0.2) is 4.79 Å². The second-order valence-corrected chi connectivity index (χ2v) is 14.4. The van der Waals surface area contributed by atoms with Gasteiger partial charge in [0.2, 0.25) is 0 Å². The van der Waals surface area contributed by atoms with E-state index in [0.717, 1.165) is 0 Å². The highest BCUT2D eigenvalue weighted by molar-refractivity contribution is 5.72. The number of ether oxygens (including phenoxy) is 4. The zero-order valence-electron chi connectivity index (χ0n) is 27.8. The molecule has 1 aliphatic heterocycles. The van der Waals surface area contributed by atoms with E-state index >= 15 is 0 Å². The summed E-state index contributed by atoms with van der Waals surface area (Å²) in [5, 5.41) is 12.2. The molecule has 5 rings (SSSR count). The highest BCUT2D eigenvalue weighted by Gasteiger charge is 2.71. The molecule has 0 saturated heterocycles. The first-order valence-electron chi connectivity index (χ1n) is 16.0. The van der Waals surface area contributed by atoms with Gasteiger partial charge in [-0.2, -0.15) is 0 Å². The van der Waals surface area contributed by atoms with Crippen molar-refractivity contribution < 1.29 is 42.9 Å². The van der Waals surface area contributed by atoms with Gasteiger partial charge < -0.3 is 28.5 Å². The third-order valence-electron chi connectivity index (χ3n) is 10.6. The fourth-order valence-electron chi connectivity index (χ4n) is 8.25. The van der Waals surface area contributed by atoms with E-state index in [9.17, 15) is 24.3 Å². The molecule has 3 aliphatic rings. The molecule has 2 aromatic rings. The van der Waals surface area contributed by atoms with Gasteiger partial charge in [0.15, 0.2) is 0 Å². The lowest BCUT2D eigenvalue weighted by atomic mass is 9.42. The van der Waals surface area contributed by atoms with Gasteiger partial charge in [0.05, 0.1) is 17.9 Å². The lowest BCUT2D eigenvalue weighted by Gasteiger charge is -2.66. The molecule has 0 amide bonds. The zero-order chi connectivity index (χ0) is 33.8. The summed E-state index contributed by atoms with van der Waals surface area (Å²) in [6.45, 7) is 14.0. The van der Waals surface area contributed by atoms with Gasteiger partial charge in [-0.15, -0.1) is 0 Å². The number of aliphatic hydroxyl groups is 1. The lowest BCUT2D eigenvalue weighted by molar-refractivity contribution is -0.271. The quantitative estimate of drug-likeness (QED) is 0.321. The number of nitrogens with zero attached hydrogens (tertiary/aromatic N) is 1. The summed E-state index contributed by atoms with van der Waals surface area (Å²) in [6.07, 6.45) is 1.49. The van der Waals surface area contributed by atoms with Crippen LogP contribution in [0.1, 0.15) is 86.3 Å². The third kappa shape index (κ3) is 5.60. The molecule has 2 aliphatic carbocycles. The van der Waals surface area contributed by atoms with Crippen LogP contribution in [0.3, 0.4) is 0 Å². The molecule has 2 aromatic heterocycles. The SMILES string of the molecule is CC(=O)O[C@H]1CC2[C@](C)(CC[C@H](OC(=O)C(C)C)[C@@]2(C)COC(=O)C(C)C)C2C(O)c3c(cc(-c4cccnc4)oc3=O)O[C@@]21C. The van der Waals surface area contributed by atoms with E-state index < -0.39 is 64.1 Å². The van der Waals surface area contributed by atoms with Crippen molar-refractivity contribution in [2.24, 2.45) is 34.5 Å². The molecular weight excluding hydrogens is 594 g/mol. The minimum absolute atomic E-state index is 0.0140. The fraction of sp³-hybridized carbons (Fsp3) is 0.629. The summed E-state index contributed by atoms with van der Waals surface area (Å²) in [7, 11) is 0. The molecule has 46 heavy (non-hydrogen) atoms. The molecule has 2 saturated carbocycles. The van der Waals surface area contributed by atoms with E-state index in [0.29, 0.717) is 18.4 Å². The van der Waals surface area contributed by atoms with Crippen molar-refractivity contribution in [3.63, 3.8) is 0 Å². The van der Waals surface area contributed by atoms with Crippen molar-refractivity contribution in [2.45, 2.75) is 98.6 Å². The topological polar surface area (TPSA) is 151 Å². The Morgan fingerprint density at radius 3 is 2.37 bits per heavy atom. The van der Waals surface area contributed by atoms with E-state index in [4.69, 9.17) is 23.4 Å². The summed E-state index contributed by atoms with van der Waals surface area (Å²) in [5.74, 6) is -2.84. The Balaban J connectivity index is 1.64. The monoisotopic (exact) mass is 639 g/mol. The lowest BCUT2D eigenvalue weighted by Crippen LogP contribution is -2.71. The molecule has 3 unspecified atom stereocenters. The smallest absolute Gasteiger partial charge is 0.345 e. The molecule has 3 heterocycles. The van der Waals surface area contributed by atoms with E-state index in [2.05, 4.69) is 4.98 Å². The van der Waals surface area contributed by atoms with Crippen molar-refractivity contribution in [2.75, 3.05) is 6.61 Å². The molecular formula is C35H45NO10. The maximum atomic E-state index is 13.5. The van der Waals surface area contributed by atoms with Crippen LogP contribution in [-0.4, -0.2) is 52.4 Å².